The summed E-state index contributed by atoms with van der Waals surface area (Å²) in [6, 6.07) is 10.2. The zero-order chi connectivity index (χ0) is 14.0. The number of carbonyl (C=O) groups is 2. The van der Waals surface area contributed by atoms with E-state index in [-0.39, 0.29) is 5.75 Å². The van der Waals surface area contributed by atoms with Crippen molar-refractivity contribution in [3.63, 3.8) is 0 Å². The van der Waals surface area contributed by atoms with Crippen LogP contribution in [0.4, 0.5) is 4.39 Å². The summed E-state index contributed by atoms with van der Waals surface area (Å²) in [5.41, 5.74) is 1.01. The highest BCUT2D eigenvalue weighted by Crippen LogP contribution is 2.30. The van der Waals surface area contributed by atoms with Gasteiger partial charge in [-0.2, -0.15) is 4.39 Å². The first-order valence-electron chi connectivity index (χ1n) is 5.66. The van der Waals surface area contributed by atoms with E-state index in [0.29, 0.717) is 11.3 Å². The van der Waals surface area contributed by atoms with E-state index in [1.807, 2.05) is 6.07 Å². The fourth-order valence-electron chi connectivity index (χ4n) is 1.82. The average molecular weight is 261 g/mol. The van der Waals surface area contributed by atoms with Gasteiger partial charge in [-0.1, -0.05) is 30.3 Å². The number of hydrogen-bond donors (Lipinski definition) is 0. The normalized spacial score (nSPS) is 10.3. The van der Waals surface area contributed by atoms with Gasteiger partial charge < -0.3 is 4.74 Å². The molecular weight excluding hydrogens is 249 g/mol. The monoisotopic (exact) mass is 261 g/mol. The smallest absolute Gasteiger partial charge is 0.308 e. The minimum Gasteiger partial charge on any atom is -0.422 e. The fourth-order valence-corrected chi connectivity index (χ4v) is 1.82. The molecule has 0 aliphatic heterocycles. The molecule has 0 amide bonds. The SMILES string of the molecule is CC(=O)Oc1cc(-c2ccccc2)n(C(C)=O)c1F. The van der Waals surface area contributed by atoms with Crippen LogP contribution in [0.1, 0.15) is 18.6 Å². The highest BCUT2D eigenvalue weighted by atomic mass is 19.1. The summed E-state index contributed by atoms with van der Waals surface area (Å²) in [6.45, 7) is 2.42. The summed E-state index contributed by atoms with van der Waals surface area (Å²) < 4.78 is 19.7. The van der Waals surface area contributed by atoms with Gasteiger partial charge in [0.15, 0.2) is 5.75 Å². The number of nitrogens with zero attached hydrogens (tertiary/aromatic N) is 1. The summed E-state index contributed by atoms with van der Waals surface area (Å²) in [6.07, 6.45) is 0. The van der Waals surface area contributed by atoms with Crippen LogP contribution >= 0.6 is 0 Å². The van der Waals surface area contributed by atoms with Crippen molar-refractivity contribution in [3.8, 4) is 17.0 Å². The lowest BCUT2D eigenvalue weighted by Gasteiger charge is -2.04. The van der Waals surface area contributed by atoms with Crippen LogP contribution in [0.5, 0.6) is 5.75 Å². The second-order valence-corrected chi connectivity index (χ2v) is 4.00. The van der Waals surface area contributed by atoms with E-state index in [2.05, 4.69) is 0 Å². The lowest BCUT2D eigenvalue weighted by molar-refractivity contribution is -0.132. The molecule has 5 heteroatoms. The first-order chi connectivity index (χ1) is 9.00. The molecule has 0 saturated heterocycles. The van der Waals surface area contributed by atoms with Crippen LogP contribution in [0.25, 0.3) is 11.3 Å². The Bertz CT molecular complexity index is 632. The number of carbonyl (C=O) groups excluding carboxylic acids is 2. The van der Waals surface area contributed by atoms with Crippen LogP contribution in [0.2, 0.25) is 0 Å². The maximum absolute atomic E-state index is 14.1. The van der Waals surface area contributed by atoms with E-state index in [1.165, 1.54) is 19.9 Å². The Morgan fingerprint density at radius 2 is 1.79 bits per heavy atom. The molecule has 0 fully saturated rings. The van der Waals surface area contributed by atoms with Gasteiger partial charge >= 0.3 is 5.97 Å². The Labute approximate surface area is 109 Å². The number of ether oxygens (including phenoxy) is 1. The van der Waals surface area contributed by atoms with Crippen LogP contribution in [0.15, 0.2) is 36.4 Å². The van der Waals surface area contributed by atoms with Crippen molar-refractivity contribution in [1.29, 1.82) is 0 Å². The van der Waals surface area contributed by atoms with Gasteiger partial charge in [-0.3, -0.25) is 14.2 Å². The first-order valence-corrected chi connectivity index (χ1v) is 5.66. The third kappa shape index (κ3) is 2.54. The second kappa shape index (κ2) is 5.06. The third-order valence-electron chi connectivity index (χ3n) is 2.55. The molecule has 1 aromatic heterocycles. The number of rotatable bonds is 2. The number of benzene rings is 1. The van der Waals surface area contributed by atoms with Gasteiger partial charge in [0.25, 0.3) is 0 Å². The third-order valence-corrected chi connectivity index (χ3v) is 2.55. The molecule has 2 aromatic rings. The zero-order valence-corrected chi connectivity index (χ0v) is 10.5. The molecule has 4 nitrogen and oxygen atoms in total. The van der Waals surface area contributed by atoms with E-state index in [9.17, 15) is 14.0 Å². The maximum Gasteiger partial charge on any atom is 0.308 e. The van der Waals surface area contributed by atoms with Gasteiger partial charge in [0.2, 0.25) is 11.9 Å². The standard InChI is InChI=1S/C14H12FNO3/c1-9(17)16-12(11-6-4-3-5-7-11)8-13(14(16)15)19-10(2)18/h3-8H,1-2H3. The summed E-state index contributed by atoms with van der Waals surface area (Å²) in [5.74, 6) is -2.25. The number of hydrogen-bond acceptors (Lipinski definition) is 3. The van der Waals surface area contributed by atoms with Gasteiger partial charge in [-0.05, 0) is 5.56 Å². The van der Waals surface area contributed by atoms with E-state index in [1.54, 1.807) is 24.3 Å². The van der Waals surface area contributed by atoms with Crippen molar-refractivity contribution in [3.05, 3.63) is 42.3 Å². The van der Waals surface area contributed by atoms with Crippen molar-refractivity contribution in [2.75, 3.05) is 0 Å². The van der Waals surface area contributed by atoms with Crippen LogP contribution in [-0.4, -0.2) is 16.4 Å². The van der Waals surface area contributed by atoms with Gasteiger partial charge in [0, 0.05) is 19.9 Å². The highest BCUT2D eigenvalue weighted by Gasteiger charge is 2.21. The number of aromatic nitrogens is 1. The van der Waals surface area contributed by atoms with Crippen molar-refractivity contribution >= 4 is 11.9 Å². The molecule has 19 heavy (non-hydrogen) atoms. The van der Waals surface area contributed by atoms with E-state index >= 15 is 0 Å². The molecule has 0 saturated carbocycles. The Morgan fingerprint density at radius 3 is 2.32 bits per heavy atom. The molecule has 0 unspecified atom stereocenters. The number of halogens is 1. The number of esters is 1. The molecular formula is C14H12FNO3. The van der Waals surface area contributed by atoms with Crippen LogP contribution < -0.4 is 4.74 Å². The Hall–Kier alpha value is -2.43. The minimum absolute atomic E-state index is 0.249. The highest BCUT2D eigenvalue weighted by molar-refractivity contribution is 5.84. The van der Waals surface area contributed by atoms with Gasteiger partial charge in [0.05, 0.1) is 5.69 Å². The van der Waals surface area contributed by atoms with Gasteiger partial charge in [0.1, 0.15) is 0 Å². The quantitative estimate of drug-likeness (QED) is 0.781. The molecule has 0 bridgehead atoms. The largest absolute Gasteiger partial charge is 0.422 e. The average Bonchev–Trinajstić information content (AvgIpc) is 2.67. The predicted molar refractivity (Wildman–Crippen MR) is 67.4 cm³/mol. The van der Waals surface area contributed by atoms with Crippen molar-refractivity contribution in [2.45, 2.75) is 13.8 Å². The molecule has 1 aromatic carbocycles. The van der Waals surface area contributed by atoms with Gasteiger partial charge in [-0.15, -0.1) is 0 Å². The molecule has 0 aliphatic rings. The molecule has 0 atom stereocenters. The lowest BCUT2D eigenvalue weighted by Crippen LogP contribution is -2.10. The van der Waals surface area contributed by atoms with Gasteiger partial charge in [-0.25, -0.2) is 0 Å². The van der Waals surface area contributed by atoms with E-state index in [4.69, 9.17) is 4.74 Å². The van der Waals surface area contributed by atoms with E-state index < -0.39 is 17.8 Å². The molecule has 98 valence electrons. The zero-order valence-electron chi connectivity index (χ0n) is 10.5. The molecule has 0 spiro atoms. The summed E-state index contributed by atoms with van der Waals surface area (Å²) >= 11 is 0. The predicted octanol–water partition coefficient (Wildman–Crippen LogP) is 2.88. The topological polar surface area (TPSA) is 48.3 Å². The van der Waals surface area contributed by atoms with E-state index in [0.717, 1.165) is 4.57 Å². The van der Waals surface area contributed by atoms with Crippen LogP contribution in [0.3, 0.4) is 0 Å². The van der Waals surface area contributed by atoms with Crippen molar-refractivity contribution in [2.24, 2.45) is 0 Å². The maximum atomic E-state index is 14.1. The lowest BCUT2D eigenvalue weighted by atomic mass is 10.1. The molecule has 2 rings (SSSR count). The Kier molecular flexibility index (Phi) is 3.46. The summed E-state index contributed by atoms with van der Waals surface area (Å²) in [5, 5.41) is 0. The second-order valence-electron chi connectivity index (χ2n) is 4.00. The molecule has 0 N–H and O–H groups in total. The van der Waals surface area contributed by atoms with Crippen LogP contribution in [0, 0.1) is 5.95 Å². The fraction of sp³-hybridized carbons (Fsp3) is 0.143. The minimum atomic E-state index is -0.874. The van der Waals surface area contributed by atoms with Crippen molar-refractivity contribution < 1.29 is 18.7 Å². The van der Waals surface area contributed by atoms with Crippen molar-refractivity contribution in [1.82, 2.24) is 4.57 Å². The Morgan fingerprint density at radius 1 is 1.16 bits per heavy atom. The molecule has 0 radical (unpaired) electrons. The molecule has 0 aliphatic carbocycles. The Balaban J connectivity index is 2.60. The van der Waals surface area contributed by atoms with Crippen LogP contribution in [-0.2, 0) is 4.79 Å². The molecule has 1 heterocycles. The summed E-state index contributed by atoms with van der Waals surface area (Å²) in [7, 11) is 0. The first kappa shape index (κ1) is 13.0. The summed E-state index contributed by atoms with van der Waals surface area (Å²) in [4.78, 5) is 22.5.